The number of halogens is 4. The molecule has 1 N–H and O–H groups in total. The lowest BCUT2D eigenvalue weighted by atomic mass is 10.1. The Bertz CT molecular complexity index is 792. The van der Waals surface area contributed by atoms with Crippen molar-refractivity contribution < 1.29 is 22.7 Å². The maximum absolute atomic E-state index is 12.6. The van der Waals surface area contributed by atoms with Crippen LogP contribution in [0.3, 0.4) is 0 Å². The van der Waals surface area contributed by atoms with Gasteiger partial charge in [-0.2, -0.15) is 18.3 Å². The Morgan fingerprint density at radius 2 is 2.04 bits per heavy atom. The fraction of sp³-hybridized carbons (Fsp3) is 0.176. The maximum Gasteiger partial charge on any atom is 0.416 e. The molecule has 0 saturated heterocycles. The third kappa shape index (κ3) is 5.49. The summed E-state index contributed by atoms with van der Waals surface area (Å²) in [4.78, 5) is 11.9. The molecule has 0 aliphatic carbocycles. The minimum Gasteiger partial charge on any atom is -0.497 e. The van der Waals surface area contributed by atoms with Crippen LogP contribution in [-0.4, -0.2) is 19.2 Å². The van der Waals surface area contributed by atoms with Crippen LogP contribution in [-0.2, 0) is 17.4 Å². The van der Waals surface area contributed by atoms with Gasteiger partial charge in [-0.05, 0) is 41.5 Å². The van der Waals surface area contributed by atoms with Crippen LogP contribution in [0.4, 0.5) is 13.2 Å². The highest BCUT2D eigenvalue weighted by atomic mass is 35.5. The Morgan fingerprint density at radius 1 is 1.28 bits per heavy atom. The van der Waals surface area contributed by atoms with Crippen molar-refractivity contribution in [3.05, 3.63) is 64.2 Å². The van der Waals surface area contributed by atoms with E-state index in [1.807, 2.05) is 0 Å². The van der Waals surface area contributed by atoms with E-state index < -0.39 is 17.6 Å². The molecule has 0 fully saturated rings. The van der Waals surface area contributed by atoms with Gasteiger partial charge in [0.1, 0.15) is 5.75 Å². The van der Waals surface area contributed by atoms with E-state index in [1.165, 1.54) is 19.2 Å². The van der Waals surface area contributed by atoms with Crippen LogP contribution >= 0.6 is 11.6 Å². The summed E-state index contributed by atoms with van der Waals surface area (Å²) in [5.41, 5.74) is 2.23. The van der Waals surface area contributed by atoms with Crippen molar-refractivity contribution in [3.63, 3.8) is 0 Å². The Morgan fingerprint density at radius 3 is 2.72 bits per heavy atom. The molecule has 25 heavy (non-hydrogen) atoms. The van der Waals surface area contributed by atoms with Crippen LogP contribution in [0.2, 0.25) is 5.02 Å². The molecule has 2 aromatic rings. The second-order valence-electron chi connectivity index (χ2n) is 5.05. The van der Waals surface area contributed by atoms with Crippen molar-refractivity contribution in [2.24, 2.45) is 5.10 Å². The van der Waals surface area contributed by atoms with Gasteiger partial charge >= 0.3 is 6.18 Å². The summed E-state index contributed by atoms with van der Waals surface area (Å²) in [6, 6.07) is 9.50. The normalized spacial score (nSPS) is 11.6. The lowest BCUT2D eigenvalue weighted by Crippen LogP contribution is -2.20. The summed E-state index contributed by atoms with van der Waals surface area (Å²) in [6.07, 6.45) is -3.34. The molecule has 2 aromatic carbocycles. The SMILES string of the molecule is COc1ccc(Cl)c(CC(=O)N/N=C/c2cccc(C(F)(F)F)c2)c1. The lowest BCUT2D eigenvalue weighted by molar-refractivity contribution is -0.137. The maximum atomic E-state index is 12.6. The predicted molar refractivity (Wildman–Crippen MR) is 88.9 cm³/mol. The van der Waals surface area contributed by atoms with Crippen LogP contribution in [0, 0.1) is 0 Å². The van der Waals surface area contributed by atoms with Gasteiger partial charge in [0.15, 0.2) is 0 Å². The van der Waals surface area contributed by atoms with Crippen LogP contribution in [0.25, 0.3) is 0 Å². The molecular weight excluding hydrogens is 357 g/mol. The van der Waals surface area contributed by atoms with E-state index in [-0.39, 0.29) is 12.0 Å². The van der Waals surface area contributed by atoms with Crippen LogP contribution < -0.4 is 10.2 Å². The third-order valence-corrected chi connectivity index (χ3v) is 3.59. The highest BCUT2D eigenvalue weighted by Gasteiger charge is 2.30. The quantitative estimate of drug-likeness (QED) is 0.637. The first kappa shape index (κ1) is 18.8. The van der Waals surface area contributed by atoms with Crippen molar-refractivity contribution in [1.82, 2.24) is 5.43 Å². The Labute approximate surface area is 147 Å². The topological polar surface area (TPSA) is 50.7 Å². The highest BCUT2D eigenvalue weighted by molar-refractivity contribution is 6.31. The molecule has 1 amide bonds. The number of alkyl halides is 3. The number of methoxy groups -OCH3 is 1. The molecule has 4 nitrogen and oxygen atoms in total. The fourth-order valence-electron chi connectivity index (χ4n) is 2.00. The minimum atomic E-state index is -4.43. The lowest BCUT2D eigenvalue weighted by Gasteiger charge is -2.07. The second kappa shape index (κ2) is 8.02. The zero-order chi connectivity index (χ0) is 18.4. The zero-order valence-corrected chi connectivity index (χ0v) is 13.9. The van der Waals surface area contributed by atoms with E-state index >= 15 is 0 Å². The van der Waals surface area contributed by atoms with Crippen molar-refractivity contribution in [3.8, 4) is 5.75 Å². The van der Waals surface area contributed by atoms with Gasteiger partial charge in [0.25, 0.3) is 0 Å². The summed E-state index contributed by atoms with van der Waals surface area (Å²) < 4.78 is 42.9. The van der Waals surface area contributed by atoms with Crippen molar-refractivity contribution >= 4 is 23.7 Å². The number of hydrogen-bond donors (Lipinski definition) is 1. The number of nitrogens with zero attached hydrogens (tertiary/aromatic N) is 1. The summed E-state index contributed by atoms with van der Waals surface area (Å²) in [7, 11) is 1.49. The number of nitrogens with one attached hydrogen (secondary N) is 1. The number of benzene rings is 2. The molecule has 0 saturated carbocycles. The number of ether oxygens (including phenoxy) is 1. The molecule has 0 atom stereocenters. The molecule has 0 unspecified atom stereocenters. The summed E-state index contributed by atoms with van der Waals surface area (Å²) in [5, 5.41) is 4.07. The Balaban J connectivity index is 1.99. The van der Waals surface area contributed by atoms with E-state index in [0.717, 1.165) is 18.3 Å². The molecule has 0 aromatic heterocycles. The number of amides is 1. The van der Waals surface area contributed by atoms with Crippen molar-refractivity contribution in [1.29, 1.82) is 0 Å². The summed E-state index contributed by atoms with van der Waals surface area (Å²) in [5.74, 6) is 0.0954. The molecule has 2 rings (SSSR count). The number of carbonyl (C=O) groups excluding carboxylic acids is 1. The summed E-state index contributed by atoms with van der Waals surface area (Å²) in [6.45, 7) is 0. The van der Waals surface area contributed by atoms with Crippen LogP contribution in [0.15, 0.2) is 47.6 Å². The molecule has 0 aliphatic heterocycles. The number of carbonyl (C=O) groups is 1. The van der Waals surface area contributed by atoms with E-state index in [2.05, 4.69) is 10.5 Å². The van der Waals surface area contributed by atoms with E-state index in [1.54, 1.807) is 18.2 Å². The number of rotatable bonds is 5. The average Bonchev–Trinajstić information content (AvgIpc) is 2.56. The van der Waals surface area contributed by atoms with Gasteiger partial charge in [0.05, 0.1) is 25.3 Å². The molecule has 0 heterocycles. The Kier molecular flexibility index (Phi) is 6.03. The smallest absolute Gasteiger partial charge is 0.416 e. The van der Waals surface area contributed by atoms with Crippen LogP contribution in [0.1, 0.15) is 16.7 Å². The minimum absolute atomic E-state index is 0.0457. The standard InChI is InChI=1S/C17H14ClF3N2O2/c1-25-14-5-6-15(18)12(8-14)9-16(24)23-22-10-11-3-2-4-13(7-11)17(19,20)21/h2-8,10H,9H2,1H3,(H,23,24)/b22-10+. The predicted octanol–water partition coefficient (Wildman–Crippen LogP) is 4.06. The first-order valence-corrected chi connectivity index (χ1v) is 7.49. The molecular formula is C17H14ClF3N2O2. The van der Waals surface area contributed by atoms with Crippen LogP contribution in [0.5, 0.6) is 5.75 Å². The zero-order valence-electron chi connectivity index (χ0n) is 13.1. The second-order valence-corrected chi connectivity index (χ2v) is 5.46. The number of hydrazone groups is 1. The molecule has 0 aliphatic rings. The summed E-state index contributed by atoms with van der Waals surface area (Å²) >= 11 is 6.01. The van der Waals surface area contributed by atoms with Gasteiger partial charge in [-0.15, -0.1) is 0 Å². The number of hydrogen-bond acceptors (Lipinski definition) is 3. The molecule has 0 bridgehead atoms. The van der Waals surface area contributed by atoms with Gasteiger partial charge < -0.3 is 4.74 Å². The Hall–Kier alpha value is -2.54. The monoisotopic (exact) mass is 370 g/mol. The van der Waals surface area contributed by atoms with Crippen molar-refractivity contribution in [2.45, 2.75) is 12.6 Å². The van der Waals surface area contributed by atoms with Gasteiger partial charge in [-0.1, -0.05) is 23.7 Å². The first-order chi connectivity index (χ1) is 11.8. The first-order valence-electron chi connectivity index (χ1n) is 7.11. The van der Waals surface area contributed by atoms with E-state index in [0.29, 0.717) is 16.3 Å². The average molecular weight is 371 g/mol. The fourth-order valence-corrected chi connectivity index (χ4v) is 2.18. The largest absolute Gasteiger partial charge is 0.497 e. The molecule has 132 valence electrons. The van der Waals surface area contributed by atoms with E-state index in [9.17, 15) is 18.0 Å². The van der Waals surface area contributed by atoms with Gasteiger partial charge in [-0.3, -0.25) is 4.79 Å². The van der Waals surface area contributed by atoms with E-state index in [4.69, 9.17) is 16.3 Å². The molecule has 0 spiro atoms. The molecule has 8 heteroatoms. The van der Waals surface area contributed by atoms with Gasteiger partial charge in [-0.25, -0.2) is 5.43 Å². The van der Waals surface area contributed by atoms with Gasteiger partial charge in [0.2, 0.25) is 5.91 Å². The van der Waals surface area contributed by atoms with Crippen molar-refractivity contribution in [2.75, 3.05) is 7.11 Å². The molecule has 0 radical (unpaired) electrons. The highest BCUT2D eigenvalue weighted by Crippen LogP contribution is 2.29. The van der Waals surface area contributed by atoms with Gasteiger partial charge in [0, 0.05) is 5.02 Å². The third-order valence-electron chi connectivity index (χ3n) is 3.22.